The van der Waals surface area contributed by atoms with Gasteiger partial charge in [0.05, 0.1) is 24.5 Å². The highest BCUT2D eigenvalue weighted by Gasteiger charge is 2.65. The van der Waals surface area contributed by atoms with Crippen molar-refractivity contribution in [2.75, 3.05) is 25.4 Å². The SMILES string of the molecule is CC1(C)C2CCC1(CS(=O)(=O)N1CCC3(CC1)NCC(=O)N3Cc1ccccc1F)C(=O)C2. The molecule has 0 aromatic heterocycles. The highest BCUT2D eigenvalue weighted by atomic mass is 32.2. The van der Waals surface area contributed by atoms with E-state index < -0.39 is 21.1 Å². The topological polar surface area (TPSA) is 86.8 Å². The average Bonchev–Trinajstić information content (AvgIpc) is 3.25. The molecule has 2 unspecified atom stereocenters. The summed E-state index contributed by atoms with van der Waals surface area (Å²) in [4.78, 5) is 27.2. The number of benzene rings is 1. The number of nitrogens with one attached hydrogen (secondary N) is 1. The highest BCUT2D eigenvalue weighted by molar-refractivity contribution is 7.89. The van der Waals surface area contributed by atoms with Gasteiger partial charge in [0.1, 0.15) is 11.6 Å². The van der Waals surface area contributed by atoms with Gasteiger partial charge in [0, 0.05) is 30.5 Å². The second-order valence-corrected chi connectivity index (χ2v) is 12.7. The van der Waals surface area contributed by atoms with Crippen molar-refractivity contribution in [1.29, 1.82) is 0 Å². The van der Waals surface area contributed by atoms with Crippen LogP contribution < -0.4 is 5.32 Å². The average molecular weight is 478 g/mol. The van der Waals surface area contributed by atoms with Crippen molar-refractivity contribution in [3.8, 4) is 0 Å². The standard InChI is InChI=1S/C24H32FN3O4S/c1-22(2)18-7-8-23(22,20(29)13-18)16-33(31,32)27-11-9-24(10-12-27)26-14-21(30)28(24)15-17-5-3-4-6-19(17)25/h3-6,18,26H,7-16H2,1-2H3. The molecule has 9 heteroatoms. The Hall–Kier alpha value is -1.84. The lowest BCUT2D eigenvalue weighted by atomic mass is 9.70. The van der Waals surface area contributed by atoms with Gasteiger partial charge in [0.2, 0.25) is 15.9 Å². The number of hydrogen-bond acceptors (Lipinski definition) is 5. The maximum Gasteiger partial charge on any atom is 0.238 e. The number of fused-ring (bicyclic) bond motifs is 2. The fourth-order valence-corrected chi connectivity index (χ4v) is 9.02. The Morgan fingerprint density at radius 2 is 1.82 bits per heavy atom. The molecule has 1 aromatic rings. The molecule has 1 aromatic carbocycles. The summed E-state index contributed by atoms with van der Waals surface area (Å²) in [5.41, 5.74) is -1.32. The second-order valence-electron chi connectivity index (χ2n) is 10.8. The van der Waals surface area contributed by atoms with E-state index in [1.165, 1.54) is 10.4 Å². The lowest BCUT2D eigenvalue weighted by molar-refractivity contribution is -0.132. The maximum absolute atomic E-state index is 14.2. The Balaban J connectivity index is 1.31. The van der Waals surface area contributed by atoms with Crippen LogP contribution in [-0.2, 0) is 26.2 Å². The number of amides is 1. The number of hydrogen-bond donors (Lipinski definition) is 1. The first-order valence-corrected chi connectivity index (χ1v) is 13.4. The number of piperidine rings is 1. The molecule has 2 bridgehead atoms. The maximum atomic E-state index is 14.2. The van der Waals surface area contributed by atoms with Crippen molar-refractivity contribution in [2.24, 2.45) is 16.7 Å². The summed E-state index contributed by atoms with van der Waals surface area (Å²) in [6, 6.07) is 6.41. The number of ketones is 1. The first-order valence-electron chi connectivity index (χ1n) is 11.8. The molecule has 2 atom stereocenters. The number of halogens is 1. The molecule has 5 rings (SSSR count). The molecule has 2 saturated carbocycles. The molecule has 1 spiro atoms. The van der Waals surface area contributed by atoms with E-state index in [9.17, 15) is 22.4 Å². The van der Waals surface area contributed by atoms with E-state index in [0.717, 1.165) is 6.42 Å². The summed E-state index contributed by atoms with van der Waals surface area (Å²) >= 11 is 0. The lowest BCUT2D eigenvalue weighted by Crippen LogP contribution is -2.59. The molecule has 2 saturated heterocycles. The lowest BCUT2D eigenvalue weighted by Gasteiger charge is -2.45. The van der Waals surface area contributed by atoms with E-state index in [1.54, 1.807) is 23.1 Å². The summed E-state index contributed by atoms with van der Waals surface area (Å²) in [6.45, 7) is 4.94. The molecule has 2 aliphatic heterocycles. The van der Waals surface area contributed by atoms with Crippen LogP contribution in [0.3, 0.4) is 0 Å². The van der Waals surface area contributed by atoms with Crippen molar-refractivity contribution in [3.63, 3.8) is 0 Å². The van der Waals surface area contributed by atoms with Gasteiger partial charge in [-0.1, -0.05) is 32.0 Å². The van der Waals surface area contributed by atoms with Crippen LogP contribution in [0.5, 0.6) is 0 Å². The molecule has 0 radical (unpaired) electrons. The summed E-state index contributed by atoms with van der Waals surface area (Å²) in [7, 11) is -3.64. The second kappa shape index (κ2) is 7.58. The largest absolute Gasteiger partial charge is 0.319 e. The third kappa shape index (κ3) is 3.38. The van der Waals surface area contributed by atoms with Gasteiger partial charge in [-0.25, -0.2) is 17.1 Å². The number of rotatable bonds is 5. The van der Waals surface area contributed by atoms with Gasteiger partial charge in [0.25, 0.3) is 0 Å². The van der Waals surface area contributed by atoms with Gasteiger partial charge in [-0.2, -0.15) is 0 Å². The minimum absolute atomic E-state index is 0.0972. The monoisotopic (exact) mass is 477 g/mol. The van der Waals surface area contributed by atoms with Crippen LogP contribution in [0.4, 0.5) is 4.39 Å². The molecular weight excluding hydrogens is 445 g/mol. The van der Waals surface area contributed by atoms with Crippen LogP contribution in [0.2, 0.25) is 0 Å². The Kier molecular flexibility index (Phi) is 5.27. The molecule has 7 nitrogen and oxygen atoms in total. The zero-order chi connectivity index (χ0) is 23.6. The molecule has 4 fully saturated rings. The van der Waals surface area contributed by atoms with Crippen molar-refractivity contribution >= 4 is 21.7 Å². The molecule has 4 aliphatic rings. The van der Waals surface area contributed by atoms with Crippen molar-refractivity contribution in [1.82, 2.24) is 14.5 Å². The smallest absolute Gasteiger partial charge is 0.238 e. The highest BCUT2D eigenvalue weighted by Crippen LogP contribution is 2.64. The Morgan fingerprint density at radius 1 is 1.12 bits per heavy atom. The third-order valence-electron chi connectivity index (χ3n) is 9.18. The van der Waals surface area contributed by atoms with E-state index in [-0.39, 0.29) is 60.8 Å². The summed E-state index contributed by atoms with van der Waals surface area (Å²) < 4.78 is 42.7. The zero-order valence-electron chi connectivity index (χ0n) is 19.3. The van der Waals surface area contributed by atoms with Gasteiger partial charge in [-0.3, -0.25) is 14.9 Å². The fraction of sp³-hybridized carbons (Fsp3) is 0.667. The molecule has 1 amide bonds. The third-order valence-corrected chi connectivity index (χ3v) is 11.2. The van der Waals surface area contributed by atoms with Crippen molar-refractivity contribution in [3.05, 3.63) is 35.6 Å². The number of Topliss-reactive ketones (excluding diaryl/α,β-unsaturated/α-hetero) is 1. The van der Waals surface area contributed by atoms with E-state index in [0.29, 0.717) is 31.2 Å². The van der Waals surface area contributed by atoms with Gasteiger partial charge in [0.15, 0.2) is 0 Å². The first kappa shape index (κ1) is 22.9. The van der Waals surface area contributed by atoms with Crippen LogP contribution in [0.25, 0.3) is 0 Å². The zero-order valence-corrected chi connectivity index (χ0v) is 20.1. The summed E-state index contributed by atoms with van der Waals surface area (Å²) in [5, 5.41) is 3.28. The van der Waals surface area contributed by atoms with E-state index in [1.807, 2.05) is 13.8 Å². The number of sulfonamides is 1. The first-order chi connectivity index (χ1) is 15.5. The Labute approximate surface area is 194 Å². The predicted molar refractivity (Wildman–Crippen MR) is 121 cm³/mol. The summed E-state index contributed by atoms with van der Waals surface area (Å²) in [5.74, 6) is -0.222. The van der Waals surface area contributed by atoms with E-state index in [4.69, 9.17) is 0 Å². The van der Waals surface area contributed by atoms with Crippen molar-refractivity contribution < 1.29 is 22.4 Å². The molecule has 2 heterocycles. The van der Waals surface area contributed by atoms with Crippen LogP contribution in [0, 0.1) is 22.6 Å². The van der Waals surface area contributed by atoms with Crippen LogP contribution in [0.15, 0.2) is 24.3 Å². The van der Waals surface area contributed by atoms with Crippen LogP contribution >= 0.6 is 0 Å². The van der Waals surface area contributed by atoms with Gasteiger partial charge in [-0.15, -0.1) is 0 Å². The molecule has 33 heavy (non-hydrogen) atoms. The number of carbonyl (C=O) groups excluding carboxylic acids is 2. The van der Waals surface area contributed by atoms with Crippen LogP contribution in [-0.4, -0.2) is 60.4 Å². The number of carbonyl (C=O) groups is 2. The molecular formula is C24H32FN3O4S. The molecule has 180 valence electrons. The minimum atomic E-state index is -3.64. The Morgan fingerprint density at radius 3 is 2.42 bits per heavy atom. The van der Waals surface area contributed by atoms with Crippen LogP contribution in [0.1, 0.15) is 51.5 Å². The molecule has 2 aliphatic carbocycles. The van der Waals surface area contributed by atoms with Crippen molar-refractivity contribution in [2.45, 2.75) is 58.2 Å². The number of nitrogens with zero attached hydrogens (tertiary/aromatic N) is 2. The van der Waals surface area contributed by atoms with E-state index >= 15 is 0 Å². The van der Waals surface area contributed by atoms with Gasteiger partial charge >= 0.3 is 0 Å². The van der Waals surface area contributed by atoms with E-state index in [2.05, 4.69) is 5.32 Å². The predicted octanol–water partition coefficient (Wildman–Crippen LogP) is 2.27. The minimum Gasteiger partial charge on any atom is -0.319 e. The Bertz CT molecular complexity index is 1100. The van der Waals surface area contributed by atoms with Gasteiger partial charge < -0.3 is 4.90 Å². The fourth-order valence-electron chi connectivity index (χ4n) is 6.80. The normalized spacial score (nSPS) is 31.1. The quantitative estimate of drug-likeness (QED) is 0.703. The molecule has 1 N–H and O–H groups in total. The van der Waals surface area contributed by atoms with Gasteiger partial charge in [-0.05, 0) is 43.1 Å². The summed E-state index contributed by atoms with van der Waals surface area (Å²) in [6.07, 6.45) is 2.91.